The molecule has 0 aliphatic carbocycles. The molecule has 2 aromatic rings. The van der Waals surface area contributed by atoms with Crippen molar-refractivity contribution in [1.29, 1.82) is 0 Å². The molecule has 1 N–H and O–H groups in total. The minimum absolute atomic E-state index is 0.0335. The SMILES string of the molecule is Cc1c(C(=O)O)oc2ccc(OCC=O)cc12. The largest absolute Gasteiger partial charge is 0.486 e. The molecule has 0 spiro atoms. The summed E-state index contributed by atoms with van der Waals surface area (Å²) in [6, 6.07) is 4.90. The molecule has 17 heavy (non-hydrogen) atoms. The number of aromatic carboxylic acids is 1. The Balaban J connectivity index is 2.49. The number of carboxylic acids is 1. The maximum Gasteiger partial charge on any atom is 0.372 e. The van der Waals surface area contributed by atoms with Crippen molar-refractivity contribution in [2.45, 2.75) is 6.92 Å². The normalized spacial score (nSPS) is 10.4. The van der Waals surface area contributed by atoms with Gasteiger partial charge >= 0.3 is 5.97 Å². The molecular weight excluding hydrogens is 224 g/mol. The van der Waals surface area contributed by atoms with E-state index in [0.29, 0.717) is 28.6 Å². The molecule has 0 atom stereocenters. The number of ether oxygens (including phenoxy) is 1. The zero-order valence-electron chi connectivity index (χ0n) is 9.10. The first-order valence-electron chi connectivity index (χ1n) is 4.96. The molecule has 0 aliphatic heterocycles. The van der Waals surface area contributed by atoms with Gasteiger partial charge in [0.15, 0.2) is 6.29 Å². The summed E-state index contributed by atoms with van der Waals surface area (Å²) in [6.07, 6.45) is 0.648. The minimum atomic E-state index is -1.10. The van der Waals surface area contributed by atoms with Crippen LogP contribution in [0.2, 0.25) is 0 Å². The Bertz CT molecular complexity index is 582. The second-order valence-electron chi connectivity index (χ2n) is 3.50. The molecule has 0 amide bonds. The highest BCUT2D eigenvalue weighted by Crippen LogP contribution is 2.28. The zero-order chi connectivity index (χ0) is 12.4. The maximum absolute atomic E-state index is 10.9. The van der Waals surface area contributed by atoms with Crippen LogP contribution in [-0.4, -0.2) is 24.0 Å². The van der Waals surface area contributed by atoms with Crippen LogP contribution in [0, 0.1) is 6.92 Å². The summed E-state index contributed by atoms with van der Waals surface area (Å²) in [5.74, 6) is -0.674. The van der Waals surface area contributed by atoms with E-state index in [4.69, 9.17) is 14.3 Å². The number of aldehydes is 1. The van der Waals surface area contributed by atoms with Crippen LogP contribution in [-0.2, 0) is 4.79 Å². The van der Waals surface area contributed by atoms with Gasteiger partial charge in [0, 0.05) is 10.9 Å². The van der Waals surface area contributed by atoms with E-state index < -0.39 is 5.97 Å². The fourth-order valence-electron chi connectivity index (χ4n) is 1.62. The third kappa shape index (κ3) is 1.99. The molecule has 0 fully saturated rings. The number of aryl methyl sites for hydroxylation is 1. The third-order valence-corrected chi connectivity index (χ3v) is 2.42. The van der Waals surface area contributed by atoms with E-state index in [0.717, 1.165) is 0 Å². The molecular formula is C12H10O5. The summed E-state index contributed by atoms with van der Waals surface area (Å²) in [4.78, 5) is 21.1. The van der Waals surface area contributed by atoms with Crippen LogP contribution >= 0.6 is 0 Å². The monoisotopic (exact) mass is 234 g/mol. The number of rotatable bonds is 4. The van der Waals surface area contributed by atoms with E-state index in [-0.39, 0.29) is 12.4 Å². The van der Waals surface area contributed by atoms with Crippen LogP contribution in [0.1, 0.15) is 16.1 Å². The molecule has 0 saturated heterocycles. The van der Waals surface area contributed by atoms with Gasteiger partial charge in [-0.25, -0.2) is 4.79 Å². The van der Waals surface area contributed by atoms with Crippen molar-refractivity contribution in [1.82, 2.24) is 0 Å². The Morgan fingerprint density at radius 3 is 2.94 bits per heavy atom. The van der Waals surface area contributed by atoms with Crippen LogP contribution < -0.4 is 4.74 Å². The van der Waals surface area contributed by atoms with Gasteiger partial charge in [0.05, 0.1) is 0 Å². The molecule has 0 unspecified atom stereocenters. The van der Waals surface area contributed by atoms with Crippen LogP contribution in [0.4, 0.5) is 0 Å². The van der Waals surface area contributed by atoms with Gasteiger partial charge in [-0.1, -0.05) is 0 Å². The Kier molecular flexibility index (Phi) is 2.82. The molecule has 1 heterocycles. The van der Waals surface area contributed by atoms with Crippen molar-refractivity contribution < 1.29 is 23.8 Å². The van der Waals surface area contributed by atoms with Gasteiger partial charge in [-0.05, 0) is 25.1 Å². The summed E-state index contributed by atoms with van der Waals surface area (Å²) in [5.41, 5.74) is 1.03. The van der Waals surface area contributed by atoms with E-state index in [9.17, 15) is 9.59 Å². The third-order valence-electron chi connectivity index (χ3n) is 2.42. The number of hydrogen-bond acceptors (Lipinski definition) is 4. The number of carbonyl (C=O) groups is 2. The highest BCUT2D eigenvalue weighted by Gasteiger charge is 2.16. The second-order valence-corrected chi connectivity index (χ2v) is 3.50. The molecule has 0 radical (unpaired) electrons. The first-order chi connectivity index (χ1) is 8.13. The standard InChI is InChI=1S/C12H10O5/c1-7-9-6-8(16-5-4-13)2-3-10(9)17-11(7)12(14)15/h2-4,6H,5H2,1H3,(H,14,15). The van der Waals surface area contributed by atoms with Crippen LogP contribution in [0.3, 0.4) is 0 Å². The van der Waals surface area contributed by atoms with Gasteiger partial charge in [-0.15, -0.1) is 0 Å². The van der Waals surface area contributed by atoms with Gasteiger partial charge < -0.3 is 14.3 Å². The minimum Gasteiger partial charge on any atom is -0.486 e. The fraction of sp³-hybridized carbons (Fsp3) is 0.167. The number of carboxylic acid groups (broad SMARTS) is 1. The number of benzene rings is 1. The lowest BCUT2D eigenvalue weighted by atomic mass is 10.1. The van der Waals surface area contributed by atoms with Crippen molar-refractivity contribution in [3.8, 4) is 5.75 Å². The van der Waals surface area contributed by atoms with Gasteiger partial charge in [0.25, 0.3) is 0 Å². The Labute approximate surface area is 96.6 Å². The summed E-state index contributed by atoms with van der Waals surface area (Å²) < 4.78 is 10.3. The molecule has 0 saturated carbocycles. The number of hydrogen-bond donors (Lipinski definition) is 1. The first kappa shape index (κ1) is 11.2. The van der Waals surface area contributed by atoms with Gasteiger partial charge in [-0.3, -0.25) is 4.79 Å². The summed E-state index contributed by atoms with van der Waals surface area (Å²) >= 11 is 0. The summed E-state index contributed by atoms with van der Waals surface area (Å²) in [6.45, 7) is 1.63. The lowest BCUT2D eigenvalue weighted by Gasteiger charge is -2.01. The molecule has 5 heteroatoms. The molecule has 1 aromatic heterocycles. The second kappa shape index (κ2) is 4.29. The fourth-order valence-corrected chi connectivity index (χ4v) is 1.62. The molecule has 0 aliphatic rings. The van der Waals surface area contributed by atoms with Crippen molar-refractivity contribution in [3.63, 3.8) is 0 Å². The highest BCUT2D eigenvalue weighted by molar-refractivity contribution is 5.95. The van der Waals surface area contributed by atoms with Crippen molar-refractivity contribution >= 4 is 23.2 Å². The molecule has 88 valence electrons. The molecule has 0 bridgehead atoms. The van der Waals surface area contributed by atoms with E-state index in [1.54, 1.807) is 25.1 Å². The van der Waals surface area contributed by atoms with E-state index in [1.165, 1.54) is 0 Å². The van der Waals surface area contributed by atoms with Crippen molar-refractivity contribution in [2.75, 3.05) is 6.61 Å². The Hall–Kier alpha value is -2.30. The van der Waals surface area contributed by atoms with Gasteiger partial charge in [0.2, 0.25) is 5.76 Å². The van der Waals surface area contributed by atoms with E-state index >= 15 is 0 Å². The van der Waals surface area contributed by atoms with Crippen LogP contribution in [0.5, 0.6) is 5.75 Å². The quantitative estimate of drug-likeness (QED) is 0.819. The van der Waals surface area contributed by atoms with Gasteiger partial charge in [-0.2, -0.15) is 0 Å². The Morgan fingerprint density at radius 1 is 1.53 bits per heavy atom. The topological polar surface area (TPSA) is 76.7 Å². The number of fused-ring (bicyclic) bond motifs is 1. The van der Waals surface area contributed by atoms with Crippen molar-refractivity contribution in [2.24, 2.45) is 0 Å². The molecule has 2 rings (SSSR count). The zero-order valence-corrected chi connectivity index (χ0v) is 9.10. The predicted molar refractivity (Wildman–Crippen MR) is 59.5 cm³/mol. The first-order valence-corrected chi connectivity index (χ1v) is 4.96. The summed E-state index contributed by atoms with van der Waals surface area (Å²) in [5, 5.41) is 9.58. The maximum atomic E-state index is 10.9. The lowest BCUT2D eigenvalue weighted by Crippen LogP contribution is -1.97. The summed E-state index contributed by atoms with van der Waals surface area (Å²) in [7, 11) is 0. The van der Waals surface area contributed by atoms with E-state index in [1.807, 2.05) is 0 Å². The number of carbonyl (C=O) groups excluding carboxylic acids is 1. The molecule has 1 aromatic carbocycles. The molecule has 5 nitrogen and oxygen atoms in total. The van der Waals surface area contributed by atoms with E-state index in [2.05, 4.69) is 0 Å². The predicted octanol–water partition coefficient (Wildman–Crippen LogP) is 2.02. The van der Waals surface area contributed by atoms with Gasteiger partial charge in [0.1, 0.15) is 17.9 Å². The van der Waals surface area contributed by atoms with Crippen LogP contribution in [0.15, 0.2) is 22.6 Å². The lowest BCUT2D eigenvalue weighted by molar-refractivity contribution is -0.109. The highest BCUT2D eigenvalue weighted by atomic mass is 16.5. The van der Waals surface area contributed by atoms with Crippen LogP contribution in [0.25, 0.3) is 11.0 Å². The Morgan fingerprint density at radius 2 is 2.29 bits per heavy atom. The number of furan rings is 1. The smallest absolute Gasteiger partial charge is 0.372 e. The van der Waals surface area contributed by atoms with Crippen molar-refractivity contribution in [3.05, 3.63) is 29.5 Å². The average Bonchev–Trinajstić information content (AvgIpc) is 2.64. The average molecular weight is 234 g/mol.